The quantitative estimate of drug-likeness (QED) is 0.822. The Morgan fingerprint density at radius 3 is 2.67 bits per heavy atom. The molecule has 18 heavy (non-hydrogen) atoms. The molecule has 0 radical (unpaired) electrons. The number of aliphatic hydroxyl groups is 1. The van der Waals surface area contributed by atoms with Gasteiger partial charge in [0.15, 0.2) is 0 Å². The Labute approximate surface area is 110 Å². The van der Waals surface area contributed by atoms with Gasteiger partial charge in [-0.05, 0) is 31.0 Å². The van der Waals surface area contributed by atoms with Crippen LogP contribution in [0.1, 0.15) is 49.1 Å². The summed E-state index contributed by atoms with van der Waals surface area (Å²) >= 11 is 0. The minimum atomic E-state index is -0.469. The van der Waals surface area contributed by atoms with E-state index in [9.17, 15) is 5.11 Å². The fraction of sp³-hybridized carbons (Fsp3) is 0.625. The topological polar surface area (TPSA) is 23.5 Å². The van der Waals surface area contributed by atoms with Gasteiger partial charge in [-0.25, -0.2) is 0 Å². The van der Waals surface area contributed by atoms with E-state index in [-0.39, 0.29) is 0 Å². The van der Waals surface area contributed by atoms with Gasteiger partial charge in [0.2, 0.25) is 0 Å². The molecule has 1 N–H and O–H groups in total. The summed E-state index contributed by atoms with van der Waals surface area (Å²) in [5, 5.41) is 11.0. The number of benzene rings is 1. The molecule has 1 heterocycles. The highest BCUT2D eigenvalue weighted by Crippen LogP contribution is 2.43. The van der Waals surface area contributed by atoms with Gasteiger partial charge < -0.3 is 10.0 Å². The average Bonchev–Trinajstić information content (AvgIpc) is 2.38. The van der Waals surface area contributed by atoms with Crippen molar-refractivity contribution in [2.24, 2.45) is 0 Å². The van der Waals surface area contributed by atoms with Gasteiger partial charge in [-0.3, -0.25) is 0 Å². The molecule has 1 unspecified atom stereocenters. The molecule has 1 saturated carbocycles. The third-order valence-electron chi connectivity index (χ3n) is 4.73. The van der Waals surface area contributed by atoms with Gasteiger partial charge in [-0.1, -0.05) is 43.5 Å². The van der Waals surface area contributed by atoms with Crippen LogP contribution in [0.4, 0.5) is 0 Å². The van der Waals surface area contributed by atoms with Crippen molar-refractivity contribution in [3.05, 3.63) is 35.4 Å². The lowest BCUT2D eigenvalue weighted by Gasteiger charge is -2.44. The summed E-state index contributed by atoms with van der Waals surface area (Å²) in [5.41, 5.74) is 2.32. The Bertz CT molecular complexity index is 423. The smallest absolute Gasteiger partial charge is 0.0728 e. The number of rotatable bonds is 1. The van der Waals surface area contributed by atoms with E-state index in [2.05, 4.69) is 36.2 Å². The summed E-state index contributed by atoms with van der Waals surface area (Å²) < 4.78 is 0. The van der Waals surface area contributed by atoms with Crippen LogP contribution in [0.15, 0.2) is 24.3 Å². The highest BCUT2D eigenvalue weighted by molar-refractivity contribution is 5.35. The fourth-order valence-corrected chi connectivity index (χ4v) is 3.76. The molecule has 3 rings (SSSR count). The van der Waals surface area contributed by atoms with Gasteiger partial charge in [0, 0.05) is 19.0 Å². The predicted octanol–water partition coefficient (Wildman–Crippen LogP) is 2.91. The zero-order chi connectivity index (χ0) is 12.6. The van der Waals surface area contributed by atoms with Crippen molar-refractivity contribution in [3.8, 4) is 0 Å². The van der Waals surface area contributed by atoms with Crippen molar-refractivity contribution in [1.82, 2.24) is 4.90 Å². The Hall–Kier alpha value is -0.860. The van der Waals surface area contributed by atoms with E-state index in [1.807, 2.05) is 0 Å². The SMILES string of the molecule is CN1Cc2ccccc2C(C2(O)CCCCC2)C1. The van der Waals surface area contributed by atoms with Gasteiger partial charge >= 0.3 is 0 Å². The van der Waals surface area contributed by atoms with Crippen molar-refractivity contribution in [1.29, 1.82) is 0 Å². The molecule has 0 amide bonds. The van der Waals surface area contributed by atoms with Crippen LogP contribution in [0.5, 0.6) is 0 Å². The fourth-order valence-electron chi connectivity index (χ4n) is 3.76. The summed E-state index contributed by atoms with van der Waals surface area (Å²) in [5.74, 6) is 0.299. The first kappa shape index (κ1) is 12.2. The van der Waals surface area contributed by atoms with Crippen LogP contribution < -0.4 is 0 Å². The molecule has 1 fully saturated rings. The van der Waals surface area contributed by atoms with Crippen LogP contribution in [-0.4, -0.2) is 29.2 Å². The maximum atomic E-state index is 11.0. The van der Waals surface area contributed by atoms with Crippen molar-refractivity contribution in [2.75, 3.05) is 13.6 Å². The normalized spacial score (nSPS) is 27.8. The number of hydrogen-bond acceptors (Lipinski definition) is 2. The summed E-state index contributed by atoms with van der Waals surface area (Å²) in [4.78, 5) is 2.35. The maximum absolute atomic E-state index is 11.0. The lowest BCUT2D eigenvalue weighted by molar-refractivity contribution is -0.0333. The van der Waals surface area contributed by atoms with E-state index in [0.29, 0.717) is 5.92 Å². The first-order valence-corrected chi connectivity index (χ1v) is 7.18. The molecule has 1 aliphatic carbocycles. The van der Waals surface area contributed by atoms with Gasteiger partial charge in [-0.15, -0.1) is 0 Å². The second-order valence-electron chi connectivity index (χ2n) is 6.11. The second-order valence-corrected chi connectivity index (χ2v) is 6.11. The molecule has 0 aromatic heterocycles. The maximum Gasteiger partial charge on any atom is 0.0728 e. The van der Waals surface area contributed by atoms with Crippen LogP contribution in [-0.2, 0) is 6.54 Å². The number of likely N-dealkylation sites (N-methyl/N-ethyl adjacent to an activating group) is 1. The molecule has 1 aromatic rings. The van der Waals surface area contributed by atoms with E-state index in [1.54, 1.807) is 0 Å². The summed E-state index contributed by atoms with van der Waals surface area (Å²) in [7, 11) is 2.16. The highest BCUT2D eigenvalue weighted by Gasteiger charge is 2.41. The molecule has 1 aliphatic heterocycles. The third kappa shape index (κ3) is 2.08. The molecular weight excluding hydrogens is 222 g/mol. The number of hydrogen-bond donors (Lipinski definition) is 1. The summed E-state index contributed by atoms with van der Waals surface area (Å²) in [6.45, 7) is 2.01. The Balaban J connectivity index is 1.96. The Kier molecular flexibility index (Phi) is 3.16. The first-order chi connectivity index (χ1) is 8.69. The molecule has 0 saturated heterocycles. The zero-order valence-electron chi connectivity index (χ0n) is 11.2. The van der Waals surface area contributed by atoms with Crippen molar-refractivity contribution >= 4 is 0 Å². The Morgan fingerprint density at radius 2 is 1.89 bits per heavy atom. The minimum Gasteiger partial charge on any atom is -0.389 e. The minimum absolute atomic E-state index is 0.299. The molecule has 1 atom stereocenters. The van der Waals surface area contributed by atoms with E-state index in [4.69, 9.17) is 0 Å². The highest BCUT2D eigenvalue weighted by atomic mass is 16.3. The number of fused-ring (bicyclic) bond motifs is 1. The second kappa shape index (κ2) is 4.67. The molecule has 2 aliphatic rings. The summed E-state index contributed by atoms with van der Waals surface area (Å²) in [6.07, 6.45) is 5.59. The van der Waals surface area contributed by atoms with Crippen LogP contribution in [0, 0.1) is 0 Å². The van der Waals surface area contributed by atoms with Gasteiger partial charge in [0.1, 0.15) is 0 Å². The lowest BCUT2D eigenvalue weighted by atomic mass is 9.70. The van der Waals surface area contributed by atoms with E-state index in [0.717, 1.165) is 25.9 Å². The van der Waals surface area contributed by atoms with Crippen LogP contribution in [0.3, 0.4) is 0 Å². The zero-order valence-corrected chi connectivity index (χ0v) is 11.2. The molecular formula is C16H23NO. The Morgan fingerprint density at radius 1 is 1.17 bits per heavy atom. The van der Waals surface area contributed by atoms with E-state index in [1.165, 1.54) is 30.4 Å². The first-order valence-electron chi connectivity index (χ1n) is 7.18. The van der Waals surface area contributed by atoms with Gasteiger partial charge in [-0.2, -0.15) is 0 Å². The third-order valence-corrected chi connectivity index (χ3v) is 4.73. The van der Waals surface area contributed by atoms with E-state index < -0.39 is 5.60 Å². The van der Waals surface area contributed by atoms with Crippen LogP contribution >= 0.6 is 0 Å². The van der Waals surface area contributed by atoms with Crippen LogP contribution in [0.2, 0.25) is 0 Å². The standard InChI is InChI=1S/C16H23NO/c1-17-11-13-7-3-4-8-14(13)15(12-17)16(18)9-5-2-6-10-16/h3-4,7-8,15,18H,2,5-6,9-12H2,1H3. The molecule has 2 nitrogen and oxygen atoms in total. The summed E-state index contributed by atoms with van der Waals surface area (Å²) in [6, 6.07) is 8.66. The largest absolute Gasteiger partial charge is 0.389 e. The molecule has 0 spiro atoms. The van der Waals surface area contributed by atoms with Gasteiger partial charge in [0.25, 0.3) is 0 Å². The number of nitrogens with zero attached hydrogens (tertiary/aromatic N) is 1. The molecule has 2 heteroatoms. The van der Waals surface area contributed by atoms with Crippen molar-refractivity contribution in [3.63, 3.8) is 0 Å². The van der Waals surface area contributed by atoms with Crippen LogP contribution in [0.25, 0.3) is 0 Å². The lowest BCUT2D eigenvalue weighted by Crippen LogP contribution is -2.46. The molecule has 0 bridgehead atoms. The predicted molar refractivity (Wildman–Crippen MR) is 73.6 cm³/mol. The van der Waals surface area contributed by atoms with E-state index >= 15 is 0 Å². The van der Waals surface area contributed by atoms with Crippen molar-refractivity contribution in [2.45, 2.75) is 50.2 Å². The molecule has 1 aromatic carbocycles. The van der Waals surface area contributed by atoms with Gasteiger partial charge in [0.05, 0.1) is 5.60 Å². The molecule has 98 valence electrons. The van der Waals surface area contributed by atoms with Crippen molar-refractivity contribution < 1.29 is 5.11 Å². The average molecular weight is 245 g/mol. The monoisotopic (exact) mass is 245 g/mol.